The highest BCUT2D eigenvalue weighted by atomic mass is 16.2. The average Bonchev–Trinajstić information content (AvgIpc) is 2.39. The molecular formula is C14H19N3O. The van der Waals surface area contributed by atoms with Crippen molar-refractivity contribution in [3.05, 3.63) is 35.9 Å². The third kappa shape index (κ3) is 3.96. The van der Waals surface area contributed by atoms with Crippen LogP contribution in [-0.4, -0.2) is 36.7 Å². The first-order valence-electron chi connectivity index (χ1n) is 6.31. The Morgan fingerprint density at radius 3 is 2.61 bits per heavy atom. The number of amides is 1. The molecule has 1 N–H and O–H groups in total. The molecule has 1 heterocycles. The van der Waals surface area contributed by atoms with Crippen LogP contribution in [0.15, 0.2) is 35.4 Å². The number of benzene rings is 1. The van der Waals surface area contributed by atoms with Crippen molar-refractivity contribution in [2.75, 3.05) is 20.1 Å². The van der Waals surface area contributed by atoms with Crippen LogP contribution in [0.5, 0.6) is 0 Å². The summed E-state index contributed by atoms with van der Waals surface area (Å²) in [5, 5.41) is 4.20. The maximum Gasteiger partial charge on any atom is 0.244 e. The van der Waals surface area contributed by atoms with E-state index in [0.29, 0.717) is 6.42 Å². The minimum atomic E-state index is -0.0485. The van der Waals surface area contributed by atoms with E-state index in [-0.39, 0.29) is 5.91 Å². The van der Waals surface area contributed by atoms with Crippen LogP contribution in [0.3, 0.4) is 0 Å². The summed E-state index contributed by atoms with van der Waals surface area (Å²) in [5.41, 5.74) is 4.75. The molecule has 1 aromatic rings. The van der Waals surface area contributed by atoms with Crippen molar-refractivity contribution in [2.45, 2.75) is 19.3 Å². The number of nitrogens with zero attached hydrogens (tertiary/aromatic N) is 2. The number of piperidine rings is 1. The van der Waals surface area contributed by atoms with Gasteiger partial charge in [-0.05, 0) is 12.6 Å². The fourth-order valence-corrected chi connectivity index (χ4v) is 1.95. The topological polar surface area (TPSA) is 44.7 Å². The molecule has 0 saturated carbocycles. The fourth-order valence-electron chi connectivity index (χ4n) is 1.95. The number of nitrogens with one attached hydrogen (secondary N) is 1. The first-order valence-corrected chi connectivity index (χ1v) is 6.31. The largest absolute Gasteiger partial charge is 0.306 e. The van der Waals surface area contributed by atoms with Crippen LogP contribution in [0, 0.1) is 0 Å². The van der Waals surface area contributed by atoms with Crippen molar-refractivity contribution in [1.82, 2.24) is 10.3 Å². The molecule has 0 aromatic heterocycles. The van der Waals surface area contributed by atoms with E-state index in [4.69, 9.17) is 0 Å². The first kappa shape index (κ1) is 12.8. The van der Waals surface area contributed by atoms with Gasteiger partial charge in [0, 0.05) is 31.6 Å². The lowest BCUT2D eigenvalue weighted by atomic mass is 10.1. The molecule has 1 aliphatic rings. The van der Waals surface area contributed by atoms with Crippen LogP contribution in [0.1, 0.15) is 18.4 Å². The van der Waals surface area contributed by atoms with Crippen LogP contribution in [0.25, 0.3) is 0 Å². The number of hydrogen-bond acceptors (Lipinski definition) is 3. The molecule has 96 valence electrons. The van der Waals surface area contributed by atoms with E-state index in [1.54, 1.807) is 0 Å². The van der Waals surface area contributed by atoms with Gasteiger partial charge in [-0.15, -0.1) is 0 Å². The molecule has 0 radical (unpaired) electrons. The quantitative estimate of drug-likeness (QED) is 0.819. The van der Waals surface area contributed by atoms with Gasteiger partial charge in [-0.1, -0.05) is 30.3 Å². The van der Waals surface area contributed by atoms with Crippen LogP contribution in [0.4, 0.5) is 0 Å². The maximum atomic E-state index is 11.7. The summed E-state index contributed by atoms with van der Waals surface area (Å²) in [7, 11) is 2.10. The molecule has 18 heavy (non-hydrogen) atoms. The molecule has 0 bridgehead atoms. The molecule has 0 atom stereocenters. The van der Waals surface area contributed by atoms with Crippen molar-refractivity contribution in [3.63, 3.8) is 0 Å². The monoisotopic (exact) mass is 245 g/mol. The maximum absolute atomic E-state index is 11.7. The third-order valence-electron chi connectivity index (χ3n) is 3.11. The zero-order valence-corrected chi connectivity index (χ0v) is 10.7. The molecule has 2 rings (SSSR count). The highest BCUT2D eigenvalue weighted by Gasteiger charge is 2.11. The highest BCUT2D eigenvalue weighted by molar-refractivity contribution is 5.87. The molecule has 1 saturated heterocycles. The van der Waals surface area contributed by atoms with Gasteiger partial charge in [-0.3, -0.25) is 4.79 Å². The van der Waals surface area contributed by atoms with Crippen LogP contribution < -0.4 is 5.43 Å². The number of hydrogen-bond donors (Lipinski definition) is 1. The predicted molar refractivity (Wildman–Crippen MR) is 72.5 cm³/mol. The summed E-state index contributed by atoms with van der Waals surface area (Å²) < 4.78 is 0. The molecule has 0 unspecified atom stereocenters. The average molecular weight is 245 g/mol. The molecule has 1 fully saturated rings. The molecule has 4 nitrogen and oxygen atoms in total. The zero-order chi connectivity index (χ0) is 12.8. The van der Waals surface area contributed by atoms with Gasteiger partial charge in [0.15, 0.2) is 0 Å². The van der Waals surface area contributed by atoms with Gasteiger partial charge in [-0.2, -0.15) is 5.10 Å². The van der Waals surface area contributed by atoms with Gasteiger partial charge in [0.25, 0.3) is 0 Å². The number of rotatable bonds is 3. The lowest BCUT2D eigenvalue weighted by molar-refractivity contribution is -0.120. The fraction of sp³-hybridized carbons (Fsp3) is 0.429. The van der Waals surface area contributed by atoms with Crippen LogP contribution in [-0.2, 0) is 11.2 Å². The summed E-state index contributed by atoms with van der Waals surface area (Å²) in [6, 6.07) is 9.71. The van der Waals surface area contributed by atoms with Crippen molar-refractivity contribution in [1.29, 1.82) is 0 Å². The van der Waals surface area contributed by atoms with Crippen LogP contribution in [0.2, 0.25) is 0 Å². The highest BCUT2D eigenvalue weighted by Crippen LogP contribution is 2.04. The van der Waals surface area contributed by atoms with Crippen molar-refractivity contribution in [2.24, 2.45) is 5.10 Å². The summed E-state index contributed by atoms with van der Waals surface area (Å²) in [5.74, 6) is -0.0485. The lowest BCUT2D eigenvalue weighted by Crippen LogP contribution is -2.32. The molecule has 1 amide bonds. The van der Waals surface area contributed by atoms with Crippen LogP contribution >= 0.6 is 0 Å². The normalized spacial score (nSPS) is 16.4. The van der Waals surface area contributed by atoms with E-state index in [0.717, 1.165) is 37.2 Å². The Labute approximate surface area is 108 Å². The minimum Gasteiger partial charge on any atom is -0.306 e. The zero-order valence-electron chi connectivity index (χ0n) is 10.7. The summed E-state index contributed by atoms with van der Waals surface area (Å²) in [4.78, 5) is 14.0. The Morgan fingerprint density at radius 1 is 1.28 bits per heavy atom. The predicted octanol–water partition coefficient (Wildman–Crippen LogP) is 1.43. The van der Waals surface area contributed by atoms with E-state index < -0.39 is 0 Å². The minimum absolute atomic E-state index is 0.0485. The van der Waals surface area contributed by atoms with E-state index in [2.05, 4.69) is 22.5 Å². The van der Waals surface area contributed by atoms with Gasteiger partial charge >= 0.3 is 0 Å². The Balaban J connectivity index is 1.80. The standard InChI is InChI=1S/C14H19N3O/c1-17-9-7-13(8-10-17)15-16-14(18)11-12-5-3-2-4-6-12/h2-6H,7-11H2,1H3,(H,16,18). The molecule has 4 heteroatoms. The Morgan fingerprint density at radius 2 is 1.94 bits per heavy atom. The van der Waals surface area contributed by atoms with Crippen molar-refractivity contribution in [3.8, 4) is 0 Å². The summed E-state index contributed by atoms with van der Waals surface area (Å²) >= 11 is 0. The van der Waals surface area contributed by atoms with Crippen molar-refractivity contribution < 1.29 is 4.79 Å². The van der Waals surface area contributed by atoms with Gasteiger partial charge in [0.1, 0.15) is 0 Å². The van der Waals surface area contributed by atoms with Gasteiger partial charge in [0.2, 0.25) is 5.91 Å². The smallest absolute Gasteiger partial charge is 0.244 e. The first-order chi connectivity index (χ1) is 8.74. The van der Waals surface area contributed by atoms with Crippen molar-refractivity contribution >= 4 is 11.6 Å². The van der Waals surface area contributed by atoms with Gasteiger partial charge in [0.05, 0.1) is 6.42 Å². The second-order valence-corrected chi connectivity index (χ2v) is 4.68. The molecule has 0 spiro atoms. The van der Waals surface area contributed by atoms with E-state index in [1.165, 1.54) is 0 Å². The van der Waals surface area contributed by atoms with E-state index >= 15 is 0 Å². The summed E-state index contributed by atoms with van der Waals surface area (Å²) in [6.07, 6.45) is 2.28. The van der Waals surface area contributed by atoms with E-state index in [1.807, 2.05) is 30.3 Å². The van der Waals surface area contributed by atoms with Gasteiger partial charge < -0.3 is 4.90 Å². The molecule has 1 aliphatic heterocycles. The SMILES string of the molecule is CN1CCC(=NNC(=O)Cc2ccccc2)CC1. The molecule has 0 aliphatic carbocycles. The van der Waals surface area contributed by atoms with E-state index in [9.17, 15) is 4.79 Å². The lowest BCUT2D eigenvalue weighted by Gasteiger charge is -2.22. The number of carbonyl (C=O) groups excluding carboxylic acids is 1. The number of carbonyl (C=O) groups is 1. The Kier molecular flexibility index (Phi) is 4.47. The number of hydrazone groups is 1. The third-order valence-corrected chi connectivity index (χ3v) is 3.11. The Hall–Kier alpha value is -1.68. The molecule has 1 aromatic carbocycles. The Bertz CT molecular complexity index is 418. The molecular weight excluding hydrogens is 226 g/mol. The summed E-state index contributed by atoms with van der Waals surface area (Å²) in [6.45, 7) is 2.04. The number of likely N-dealkylation sites (tertiary alicyclic amines) is 1. The second kappa shape index (κ2) is 6.31. The van der Waals surface area contributed by atoms with Gasteiger partial charge in [-0.25, -0.2) is 5.43 Å². The second-order valence-electron chi connectivity index (χ2n) is 4.68.